The molecule has 2 N–H and O–H groups in total. The molecule has 4 nitrogen and oxygen atoms in total. The van der Waals surface area contributed by atoms with Crippen molar-refractivity contribution in [1.82, 2.24) is 10.2 Å². The summed E-state index contributed by atoms with van der Waals surface area (Å²) >= 11 is 0. The molecule has 0 spiro atoms. The number of nitrogens with zero attached hydrogens (tertiary/aromatic N) is 1. The van der Waals surface area contributed by atoms with Gasteiger partial charge >= 0.3 is 5.97 Å². The highest BCUT2D eigenvalue weighted by molar-refractivity contribution is 5.84. The van der Waals surface area contributed by atoms with Crippen LogP contribution in [0, 0.1) is 11.8 Å². The number of carboxylic acid groups (broad SMARTS) is 1. The molecule has 4 heteroatoms. The van der Waals surface area contributed by atoms with Gasteiger partial charge in [0.05, 0.1) is 17.3 Å². The Morgan fingerprint density at radius 3 is 3.20 bits per heavy atom. The number of carbonyl (C=O) groups is 1. The molecule has 0 saturated heterocycles. The van der Waals surface area contributed by atoms with E-state index in [0.29, 0.717) is 0 Å². The lowest BCUT2D eigenvalue weighted by atomic mass is 10.1. The Hall–Kier alpha value is -2.28. The summed E-state index contributed by atoms with van der Waals surface area (Å²) in [7, 11) is 0. The van der Waals surface area contributed by atoms with Crippen molar-refractivity contribution >= 4 is 16.9 Å². The van der Waals surface area contributed by atoms with Crippen molar-refractivity contribution < 1.29 is 9.90 Å². The molecule has 0 atom stereocenters. The molecule has 0 amide bonds. The highest BCUT2D eigenvalue weighted by Crippen LogP contribution is 2.14. The van der Waals surface area contributed by atoms with E-state index >= 15 is 0 Å². The van der Waals surface area contributed by atoms with Crippen LogP contribution in [0.4, 0.5) is 0 Å². The number of aliphatic carboxylic acids is 1. The number of aromatic nitrogens is 2. The number of hydrogen-bond acceptors (Lipinski definition) is 2. The fourth-order valence-electron chi connectivity index (χ4n) is 1.29. The molecule has 74 valence electrons. The highest BCUT2D eigenvalue weighted by atomic mass is 16.4. The lowest BCUT2D eigenvalue weighted by Gasteiger charge is -1.91. The summed E-state index contributed by atoms with van der Waals surface area (Å²) in [6.45, 7) is 0. The number of carboxylic acids is 1. The van der Waals surface area contributed by atoms with E-state index in [2.05, 4.69) is 22.0 Å². The van der Waals surface area contributed by atoms with Crippen LogP contribution in [0.1, 0.15) is 12.0 Å². The largest absolute Gasteiger partial charge is 0.481 e. The molecule has 1 heterocycles. The van der Waals surface area contributed by atoms with Gasteiger partial charge in [0, 0.05) is 5.39 Å². The van der Waals surface area contributed by atoms with E-state index in [1.165, 1.54) is 0 Å². The molecule has 0 aliphatic carbocycles. The Morgan fingerprint density at radius 1 is 1.53 bits per heavy atom. The van der Waals surface area contributed by atoms with Crippen LogP contribution in [0.25, 0.3) is 10.9 Å². The fourth-order valence-corrected chi connectivity index (χ4v) is 1.29. The van der Waals surface area contributed by atoms with Crippen LogP contribution < -0.4 is 0 Å². The maximum atomic E-state index is 10.3. The zero-order chi connectivity index (χ0) is 10.7. The van der Waals surface area contributed by atoms with Gasteiger partial charge in [0.25, 0.3) is 0 Å². The van der Waals surface area contributed by atoms with Crippen LogP contribution in [0.15, 0.2) is 24.4 Å². The fraction of sp³-hybridized carbons (Fsp3) is 0.0909. The summed E-state index contributed by atoms with van der Waals surface area (Å²) in [5.74, 6) is 4.47. The van der Waals surface area contributed by atoms with Crippen molar-refractivity contribution in [2.24, 2.45) is 0 Å². The third kappa shape index (κ3) is 1.97. The van der Waals surface area contributed by atoms with Gasteiger partial charge in [-0.3, -0.25) is 9.89 Å². The number of fused-ring (bicyclic) bond motifs is 1. The van der Waals surface area contributed by atoms with E-state index in [4.69, 9.17) is 5.11 Å². The molecule has 1 aromatic heterocycles. The second kappa shape index (κ2) is 3.84. The predicted octanol–water partition coefficient (Wildman–Crippen LogP) is 1.39. The molecule has 2 rings (SSSR count). The molecule has 0 aliphatic heterocycles. The summed E-state index contributed by atoms with van der Waals surface area (Å²) < 4.78 is 0. The molecule has 0 unspecified atom stereocenters. The van der Waals surface area contributed by atoms with Gasteiger partial charge in [-0.1, -0.05) is 24.0 Å². The van der Waals surface area contributed by atoms with E-state index in [1.54, 1.807) is 6.20 Å². The Labute approximate surface area is 85.9 Å². The van der Waals surface area contributed by atoms with E-state index in [1.807, 2.05) is 18.2 Å². The second-order valence-corrected chi connectivity index (χ2v) is 3.01. The molecule has 0 saturated carbocycles. The first-order chi connectivity index (χ1) is 7.27. The molecule has 1 aromatic carbocycles. The molecular formula is C11H8N2O2. The Bertz CT molecular complexity index is 560. The van der Waals surface area contributed by atoms with Gasteiger partial charge in [0.1, 0.15) is 6.42 Å². The molecule has 0 fully saturated rings. The smallest absolute Gasteiger partial charge is 0.315 e. The van der Waals surface area contributed by atoms with Crippen molar-refractivity contribution in [2.75, 3.05) is 0 Å². The van der Waals surface area contributed by atoms with Crippen molar-refractivity contribution in [2.45, 2.75) is 6.42 Å². The van der Waals surface area contributed by atoms with Gasteiger partial charge in [-0.05, 0) is 6.07 Å². The first-order valence-corrected chi connectivity index (χ1v) is 4.40. The van der Waals surface area contributed by atoms with Crippen molar-refractivity contribution in [3.63, 3.8) is 0 Å². The normalized spacial score (nSPS) is 9.60. The van der Waals surface area contributed by atoms with Gasteiger partial charge in [-0.2, -0.15) is 5.10 Å². The number of rotatable bonds is 1. The second-order valence-electron chi connectivity index (χ2n) is 3.01. The number of para-hydroxylation sites is 1. The quantitative estimate of drug-likeness (QED) is 0.683. The number of aromatic amines is 1. The van der Waals surface area contributed by atoms with Gasteiger partial charge < -0.3 is 5.11 Å². The molecule has 0 bridgehead atoms. The van der Waals surface area contributed by atoms with Crippen molar-refractivity contribution in [1.29, 1.82) is 0 Å². The third-order valence-electron chi connectivity index (χ3n) is 1.94. The predicted molar refractivity (Wildman–Crippen MR) is 55.2 cm³/mol. The standard InChI is InChI=1S/C11H8N2O2/c14-10(15)6-2-4-8-3-1-5-9-7-12-13-11(8)9/h1,3,5,7H,6H2,(H,12,13)(H,14,15). The minimum atomic E-state index is -0.917. The summed E-state index contributed by atoms with van der Waals surface area (Å²) in [4.78, 5) is 10.3. The van der Waals surface area contributed by atoms with Crippen molar-refractivity contribution in [3.05, 3.63) is 30.0 Å². The van der Waals surface area contributed by atoms with E-state index < -0.39 is 5.97 Å². The van der Waals surface area contributed by atoms with Crippen LogP contribution in [-0.2, 0) is 4.79 Å². The third-order valence-corrected chi connectivity index (χ3v) is 1.94. The number of hydrogen-bond donors (Lipinski definition) is 2. The Balaban J connectivity index is 2.37. The Morgan fingerprint density at radius 2 is 2.40 bits per heavy atom. The average molecular weight is 200 g/mol. The average Bonchev–Trinajstić information content (AvgIpc) is 2.65. The van der Waals surface area contributed by atoms with Gasteiger partial charge in [0.15, 0.2) is 0 Å². The van der Waals surface area contributed by atoms with Crippen LogP contribution in [0.2, 0.25) is 0 Å². The van der Waals surface area contributed by atoms with Crippen LogP contribution in [0.3, 0.4) is 0 Å². The van der Waals surface area contributed by atoms with Crippen LogP contribution in [0.5, 0.6) is 0 Å². The molecule has 2 aromatic rings. The maximum Gasteiger partial charge on any atom is 0.315 e. The summed E-state index contributed by atoms with van der Waals surface area (Å²) in [5, 5.41) is 16.1. The molecular weight excluding hydrogens is 192 g/mol. The molecule has 15 heavy (non-hydrogen) atoms. The minimum Gasteiger partial charge on any atom is -0.481 e. The van der Waals surface area contributed by atoms with Crippen LogP contribution >= 0.6 is 0 Å². The van der Waals surface area contributed by atoms with Crippen LogP contribution in [-0.4, -0.2) is 21.3 Å². The summed E-state index contributed by atoms with van der Waals surface area (Å²) in [6.07, 6.45) is 1.56. The highest BCUT2D eigenvalue weighted by Gasteiger charge is 1.98. The zero-order valence-electron chi connectivity index (χ0n) is 7.82. The Kier molecular flexibility index (Phi) is 2.38. The molecule has 0 radical (unpaired) electrons. The summed E-state index contributed by atoms with van der Waals surface area (Å²) in [6, 6.07) is 5.61. The summed E-state index contributed by atoms with van der Waals surface area (Å²) in [5.41, 5.74) is 1.61. The number of nitrogens with one attached hydrogen (secondary N) is 1. The van der Waals surface area contributed by atoms with E-state index in [-0.39, 0.29) is 6.42 Å². The lowest BCUT2D eigenvalue weighted by molar-refractivity contribution is -0.135. The SMILES string of the molecule is O=C(O)CC#Cc1cccc2cn[nH]c12. The van der Waals surface area contributed by atoms with Gasteiger partial charge in [-0.15, -0.1) is 0 Å². The topological polar surface area (TPSA) is 66.0 Å². The first-order valence-electron chi connectivity index (χ1n) is 4.40. The number of H-pyrrole nitrogens is 1. The van der Waals surface area contributed by atoms with E-state index in [9.17, 15) is 4.79 Å². The number of benzene rings is 1. The monoisotopic (exact) mass is 200 g/mol. The van der Waals surface area contributed by atoms with Gasteiger partial charge in [0.2, 0.25) is 0 Å². The van der Waals surface area contributed by atoms with Gasteiger partial charge in [-0.25, -0.2) is 0 Å². The van der Waals surface area contributed by atoms with Crippen molar-refractivity contribution in [3.8, 4) is 11.8 Å². The van der Waals surface area contributed by atoms with E-state index in [0.717, 1.165) is 16.5 Å². The lowest BCUT2D eigenvalue weighted by Crippen LogP contribution is -1.90. The molecule has 0 aliphatic rings. The maximum absolute atomic E-state index is 10.3. The zero-order valence-corrected chi connectivity index (χ0v) is 7.82. The first kappa shape index (κ1) is 9.28. The minimum absolute atomic E-state index is 0.148.